The zero-order chi connectivity index (χ0) is 8.10. The fraction of sp³-hybridized carbons (Fsp3) is 0.444. The SMILES string of the molecule is CC(O)CCc1ccncc1. The molecule has 1 unspecified atom stereocenters. The van der Waals surface area contributed by atoms with Crippen LogP contribution in [0.2, 0.25) is 0 Å². The fourth-order valence-corrected chi connectivity index (χ4v) is 0.925. The van der Waals surface area contributed by atoms with Crippen molar-refractivity contribution in [2.24, 2.45) is 0 Å². The maximum atomic E-state index is 9.00. The van der Waals surface area contributed by atoms with Gasteiger partial charge in [0.15, 0.2) is 0 Å². The van der Waals surface area contributed by atoms with Gasteiger partial charge in [-0.25, -0.2) is 0 Å². The average molecular weight is 151 g/mol. The number of hydrogen-bond acceptors (Lipinski definition) is 2. The van der Waals surface area contributed by atoms with Gasteiger partial charge in [0.2, 0.25) is 0 Å². The highest BCUT2D eigenvalue weighted by molar-refractivity contribution is 5.09. The molecule has 1 aromatic heterocycles. The minimum Gasteiger partial charge on any atom is -0.393 e. The van der Waals surface area contributed by atoms with E-state index in [0.717, 1.165) is 12.8 Å². The molecule has 0 aliphatic carbocycles. The summed E-state index contributed by atoms with van der Waals surface area (Å²) in [6.45, 7) is 1.81. The summed E-state index contributed by atoms with van der Waals surface area (Å²) in [5.74, 6) is 0. The van der Waals surface area contributed by atoms with E-state index < -0.39 is 0 Å². The molecule has 1 atom stereocenters. The molecule has 1 rings (SSSR count). The van der Waals surface area contributed by atoms with Crippen LogP contribution < -0.4 is 0 Å². The van der Waals surface area contributed by atoms with Crippen LogP contribution in [0.25, 0.3) is 0 Å². The van der Waals surface area contributed by atoms with E-state index in [2.05, 4.69) is 4.98 Å². The molecule has 0 aromatic carbocycles. The first-order valence-corrected chi connectivity index (χ1v) is 3.86. The van der Waals surface area contributed by atoms with Gasteiger partial charge in [-0.3, -0.25) is 4.98 Å². The molecule has 0 spiro atoms. The van der Waals surface area contributed by atoms with Crippen molar-refractivity contribution in [1.82, 2.24) is 4.98 Å². The molecule has 2 heteroatoms. The van der Waals surface area contributed by atoms with Crippen LogP contribution >= 0.6 is 0 Å². The third-order valence-electron chi connectivity index (χ3n) is 1.60. The van der Waals surface area contributed by atoms with Gasteiger partial charge in [-0.05, 0) is 37.5 Å². The van der Waals surface area contributed by atoms with Gasteiger partial charge in [-0.1, -0.05) is 0 Å². The van der Waals surface area contributed by atoms with E-state index in [4.69, 9.17) is 5.11 Å². The Morgan fingerprint density at radius 2 is 2.09 bits per heavy atom. The van der Waals surface area contributed by atoms with Gasteiger partial charge < -0.3 is 5.11 Å². The number of pyridine rings is 1. The Labute approximate surface area is 66.9 Å². The van der Waals surface area contributed by atoms with E-state index in [1.807, 2.05) is 12.1 Å². The molecular formula is C9H13NO. The fourth-order valence-electron chi connectivity index (χ4n) is 0.925. The highest BCUT2D eigenvalue weighted by Gasteiger charge is 1.96. The van der Waals surface area contributed by atoms with Crippen LogP contribution in [-0.2, 0) is 6.42 Å². The van der Waals surface area contributed by atoms with Crippen molar-refractivity contribution in [3.63, 3.8) is 0 Å². The van der Waals surface area contributed by atoms with Crippen LogP contribution in [0.1, 0.15) is 18.9 Å². The maximum Gasteiger partial charge on any atom is 0.0515 e. The first kappa shape index (κ1) is 8.21. The van der Waals surface area contributed by atoms with E-state index in [1.165, 1.54) is 5.56 Å². The van der Waals surface area contributed by atoms with Crippen molar-refractivity contribution < 1.29 is 5.11 Å². The lowest BCUT2D eigenvalue weighted by molar-refractivity contribution is 0.185. The number of aliphatic hydroxyl groups is 1. The minimum absolute atomic E-state index is 0.205. The van der Waals surface area contributed by atoms with Crippen LogP contribution in [0.4, 0.5) is 0 Å². The summed E-state index contributed by atoms with van der Waals surface area (Å²) in [6.07, 6.45) is 5.10. The van der Waals surface area contributed by atoms with Crippen molar-refractivity contribution in [3.8, 4) is 0 Å². The smallest absolute Gasteiger partial charge is 0.0515 e. The summed E-state index contributed by atoms with van der Waals surface area (Å²) in [7, 11) is 0. The molecule has 0 bridgehead atoms. The lowest BCUT2D eigenvalue weighted by atomic mass is 10.1. The molecule has 0 amide bonds. The van der Waals surface area contributed by atoms with E-state index >= 15 is 0 Å². The number of hydrogen-bond donors (Lipinski definition) is 1. The van der Waals surface area contributed by atoms with E-state index in [-0.39, 0.29) is 6.10 Å². The topological polar surface area (TPSA) is 33.1 Å². The van der Waals surface area contributed by atoms with Gasteiger partial charge in [0, 0.05) is 12.4 Å². The lowest BCUT2D eigenvalue weighted by Crippen LogP contribution is -2.01. The van der Waals surface area contributed by atoms with Crippen molar-refractivity contribution in [3.05, 3.63) is 30.1 Å². The number of aryl methyl sites for hydroxylation is 1. The van der Waals surface area contributed by atoms with Crippen molar-refractivity contribution in [1.29, 1.82) is 0 Å². The molecule has 0 aliphatic rings. The highest BCUT2D eigenvalue weighted by Crippen LogP contribution is 2.02. The third kappa shape index (κ3) is 3.14. The second-order valence-corrected chi connectivity index (χ2v) is 2.74. The van der Waals surface area contributed by atoms with Crippen LogP contribution in [0.5, 0.6) is 0 Å². The first-order chi connectivity index (χ1) is 5.29. The lowest BCUT2D eigenvalue weighted by Gasteiger charge is -2.02. The van der Waals surface area contributed by atoms with E-state index in [1.54, 1.807) is 19.3 Å². The van der Waals surface area contributed by atoms with Crippen molar-refractivity contribution >= 4 is 0 Å². The second kappa shape index (κ2) is 4.09. The van der Waals surface area contributed by atoms with E-state index in [0.29, 0.717) is 0 Å². The summed E-state index contributed by atoms with van der Waals surface area (Å²) in [5, 5.41) is 9.00. The van der Waals surface area contributed by atoms with Crippen LogP contribution in [0, 0.1) is 0 Å². The molecule has 1 heterocycles. The summed E-state index contributed by atoms with van der Waals surface area (Å²) in [6, 6.07) is 3.95. The van der Waals surface area contributed by atoms with Gasteiger partial charge in [-0.2, -0.15) is 0 Å². The Bertz CT molecular complexity index is 196. The Kier molecular flexibility index (Phi) is 3.05. The zero-order valence-electron chi connectivity index (χ0n) is 6.70. The van der Waals surface area contributed by atoms with Gasteiger partial charge in [0.1, 0.15) is 0 Å². The molecule has 0 saturated carbocycles. The standard InChI is InChI=1S/C9H13NO/c1-8(11)2-3-9-4-6-10-7-5-9/h4-8,11H,2-3H2,1H3. The quantitative estimate of drug-likeness (QED) is 0.708. The van der Waals surface area contributed by atoms with Gasteiger partial charge in [-0.15, -0.1) is 0 Å². The maximum absolute atomic E-state index is 9.00. The molecular weight excluding hydrogens is 138 g/mol. The number of aliphatic hydroxyl groups excluding tert-OH is 1. The van der Waals surface area contributed by atoms with Gasteiger partial charge >= 0.3 is 0 Å². The van der Waals surface area contributed by atoms with Gasteiger partial charge in [0.05, 0.1) is 6.10 Å². The number of nitrogens with zero attached hydrogens (tertiary/aromatic N) is 1. The molecule has 0 radical (unpaired) electrons. The van der Waals surface area contributed by atoms with Crippen LogP contribution in [0.3, 0.4) is 0 Å². The molecule has 11 heavy (non-hydrogen) atoms. The van der Waals surface area contributed by atoms with Crippen molar-refractivity contribution in [2.75, 3.05) is 0 Å². The number of rotatable bonds is 3. The molecule has 1 aromatic rings. The van der Waals surface area contributed by atoms with Gasteiger partial charge in [0.25, 0.3) is 0 Å². The molecule has 2 nitrogen and oxygen atoms in total. The molecule has 0 fully saturated rings. The summed E-state index contributed by atoms with van der Waals surface area (Å²) in [5.41, 5.74) is 1.24. The monoisotopic (exact) mass is 151 g/mol. The Morgan fingerprint density at radius 1 is 1.45 bits per heavy atom. The summed E-state index contributed by atoms with van der Waals surface area (Å²) >= 11 is 0. The Hall–Kier alpha value is -0.890. The number of aromatic nitrogens is 1. The largest absolute Gasteiger partial charge is 0.393 e. The van der Waals surface area contributed by atoms with Crippen molar-refractivity contribution in [2.45, 2.75) is 25.9 Å². The highest BCUT2D eigenvalue weighted by atomic mass is 16.3. The van der Waals surface area contributed by atoms with E-state index in [9.17, 15) is 0 Å². The average Bonchev–Trinajstić information content (AvgIpc) is 2.03. The van der Waals surface area contributed by atoms with Crippen LogP contribution in [-0.4, -0.2) is 16.2 Å². The predicted octanol–water partition coefficient (Wildman–Crippen LogP) is 1.40. The second-order valence-electron chi connectivity index (χ2n) is 2.74. The summed E-state index contributed by atoms with van der Waals surface area (Å²) < 4.78 is 0. The first-order valence-electron chi connectivity index (χ1n) is 3.86. The zero-order valence-corrected chi connectivity index (χ0v) is 6.70. The normalized spacial score (nSPS) is 12.9. The minimum atomic E-state index is -0.205. The third-order valence-corrected chi connectivity index (χ3v) is 1.60. The van der Waals surface area contributed by atoms with Crippen LogP contribution in [0.15, 0.2) is 24.5 Å². The molecule has 1 N–H and O–H groups in total. The Balaban J connectivity index is 2.39. The predicted molar refractivity (Wildman–Crippen MR) is 44.2 cm³/mol. The Morgan fingerprint density at radius 3 is 2.64 bits per heavy atom. The molecule has 60 valence electrons. The molecule has 0 saturated heterocycles. The summed E-state index contributed by atoms with van der Waals surface area (Å²) in [4.78, 5) is 3.91. The molecule has 0 aliphatic heterocycles.